The molecule has 0 bridgehead atoms. The van der Waals surface area contributed by atoms with Crippen LogP contribution in [0.1, 0.15) is 22.6 Å². The summed E-state index contributed by atoms with van der Waals surface area (Å²) in [5, 5.41) is 18.6. The number of benzene rings is 1. The van der Waals surface area contributed by atoms with Crippen LogP contribution in [0.4, 0.5) is 0 Å². The summed E-state index contributed by atoms with van der Waals surface area (Å²) in [4.78, 5) is 12.9. The van der Waals surface area contributed by atoms with E-state index >= 15 is 0 Å². The first-order chi connectivity index (χ1) is 14.5. The number of hydrogen-bond acceptors (Lipinski definition) is 7. The van der Waals surface area contributed by atoms with Crippen molar-refractivity contribution < 1.29 is 19.1 Å². The van der Waals surface area contributed by atoms with Gasteiger partial charge < -0.3 is 19.1 Å². The SMILES string of the molecule is Cc1noc(C)c1Cn1cc(-n2c(O)cn(Cc3ccc4c(c3)OCO4)c2=O)cn1. The van der Waals surface area contributed by atoms with Gasteiger partial charge in [-0.3, -0.25) is 9.25 Å². The van der Waals surface area contributed by atoms with Crippen LogP contribution in [0.2, 0.25) is 0 Å². The third-order valence-corrected chi connectivity index (χ3v) is 5.11. The molecule has 0 saturated carbocycles. The Labute approximate surface area is 170 Å². The van der Waals surface area contributed by atoms with E-state index in [1.807, 2.05) is 26.0 Å². The Balaban J connectivity index is 1.42. The quantitative estimate of drug-likeness (QED) is 0.537. The molecule has 0 aliphatic carbocycles. The lowest BCUT2D eigenvalue weighted by atomic mass is 10.2. The van der Waals surface area contributed by atoms with Crippen molar-refractivity contribution in [2.24, 2.45) is 0 Å². The molecule has 3 aromatic heterocycles. The lowest BCUT2D eigenvalue weighted by molar-refractivity contribution is 0.174. The number of imidazole rings is 1. The van der Waals surface area contributed by atoms with Gasteiger partial charge in [0.05, 0.1) is 36.9 Å². The number of aryl methyl sites for hydroxylation is 2. The van der Waals surface area contributed by atoms with Crippen LogP contribution >= 0.6 is 0 Å². The minimum absolute atomic E-state index is 0.169. The molecule has 0 unspecified atom stereocenters. The fraction of sp³-hybridized carbons (Fsp3) is 0.250. The number of hydrogen-bond donors (Lipinski definition) is 1. The Hall–Kier alpha value is -3.95. The number of rotatable bonds is 5. The topological polar surface area (TPSA) is 109 Å². The molecule has 4 heterocycles. The third kappa shape index (κ3) is 3.02. The average Bonchev–Trinajstić information content (AvgIpc) is 3.48. The van der Waals surface area contributed by atoms with Crippen molar-refractivity contribution in [3.63, 3.8) is 0 Å². The molecular formula is C20H19N5O5. The van der Waals surface area contributed by atoms with Gasteiger partial charge in [0.15, 0.2) is 11.5 Å². The lowest BCUT2D eigenvalue weighted by Gasteiger charge is -2.03. The highest BCUT2D eigenvalue weighted by Crippen LogP contribution is 2.32. The van der Waals surface area contributed by atoms with Crippen molar-refractivity contribution >= 4 is 0 Å². The van der Waals surface area contributed by atoms with Crippen molar-refractivity contribution in [2.45, 2.75) is 26.9 Å². The normalized spacial score (nSPS) is 12.6. The van der Waals surface area contributed by atoms with E-state index in [1.54, 1.807) is 16.9 Å². The smallest absolute Gasteiger partial charge is 0.336 e. The molecule has 0 fully saturated rings. The molecule has 10 nitrogen and oxygen atoms in total. The molecule has 30 heavy (non-hydrogen) atoms. The monoisotopic (exact) mass is 409 g/mol. The summed E-state index contributed by atoms with van der Waals surface area (Å²) >= 11 is 0. The molecule has 4 aromatic rings. The van der Waals surface area contributed by atoms with E-state index in [1.165, 1.54) is 21.5 Å². The minimum atomic E-state index is -0.373. The molecule has 154 valence electrons. The number of nitrogens with zero attached hydrogens (tertiary/aromatic N) is 5. The van der Waals surface area contributed by atoms with Gasteiger partial charge in [-0.15, -0.1) is 0 Å². The lowest BCUT2D eigenvalue weighted by Crippen LogP contribution is -2.23. The third-order valence-electron chi connectivity index (χ3n) is 5.11. The zero-order chi connectivity index (χ0) is 20.8. The van der Waals surface area contributed by atoms with Crippen LogP contribution in [-0.2, 0) is 13.1 Å². The molecule has 0 spiro atoms. The molecule has 5 rings (SSSR count). The summed E-state index contributed by atoms with van der Waals surface area (Å²) < 4.78 is 20.2. The molecule has 0 amide bonds. The fourth-order valence-electron chi connectivity index (χ4n) is 3.51. The first-order valence-electron chi connectivity index (χ1n) is 9.34. The van der Waals surface area contributed by atoms with Gasteiger partial charge in [-0.2, -0.15) is 5.10 Å². The summed E-state index contributed by atoms with van der Waals surface area (Å²) in [6.07, 6.45) is 4.63. The summed E-state index contributed by atoms with van der Waals surface area (Å²) in [5.74, 6) is 1.87. The molecule has 0 radical (unpaired) electrons. The minimum Gasteiger partial charge on any atom is -0.493 e. The Bertz CT molecular complexity index is 1280. The molecule has 1 aliphatic heterocycles. The van der Waals surface area contributed by atoms with Crippen LogP contribution in [0.15, 0.2) is 46.1 Å². The number of fused-ring (bicyclic) bond motifs is 1. The Kier molecular flexibility index (Phi) is 4.12. The highest BCUT2D eigenvalue weighted by atomic mass is 16.7. The second kappa shape index (κ2) is 6.83. The van der Waals surface area contributed by atoms with E-state index in [0.29, 0.717) is 23.7 Å². The average molecular weight is 409 g/mol. The Morgan fingerprint density at radius 1 is 1.13 bits per heavy atom. The van der Waals surface area contributed by atoms with Crippen LogP contribution in [0.25, 0.3) is 5.69 Å². The zero-order valence-corrected chi connectivity index (χ0v) is 16.4. The molecule has 0 saturated heterocycles. The van der Waals surface area contributed by atoms with Crippen molar-refractivity contribution in [1.29, 1.82) is 0 Å². The Morgan fingerprint density at radius 2 is 1.97 bits per heavy atom. The van der Waals surface area contributed by atoms with Crippen LogP contribution in [0.3, 0.4) is 0 Å². The van der Waals surface area contributed by atoms with E-state index in [4.69, 9.17) is 14.0 Å². The van der Waals surface area contributed by atoms with Gasteiger partial charge in [0.25, 0.3) is 0 Å². The van der Waals surface area contributed by atoms with Gasteiger partial charge in [0.2, 0.25) is 12.7 Å². The van der Waals surface area contributed by atoms with Crippen LogP contribution in [0.5, 0.6) is 17.4 Å². The fourth-order valence-corrected chi connectivity index (χ4v) is 3.51. The highest BCUT2D eigenvalue weighted by molar-refractivity contribution is 5.44. The van der Waals surface area contributed by atoms with Gasteiger partial charge >= 0.3 is 5.69 Å². The Morgan fingerprint density at radius 3 is 2.77 bits per heavy atom. The highest BCUT2D eigenvalue weighted by Gasteiger charge is 2.17. The molecule has 1 aliphatic rings. The zero-order valence-electron chi connectivity index (χ0n) is 16.4. The molecule has 0 atom stereocenters. The van der Waals surface area contributed by atoms with Crippen molar-refractivity contribution in [3.05, 3.63) is 69.9 Å². The van der Waals surface area contributed by atoms with Gasteiger partial charge in [0.1, 0.15) is 5.76 Å². The predicted molar refractivity (Wildman–Crippen MR) is 104 cm³/mol. The van der Waals surface area contributed by atoms with Gasteiger partial charge in [-0.1, -0.05) is 11.2 Å². The predicted octanol–water partition coefficient (Wildman–Crippen LogP) is 1.97. The summed E-state index contributed by atoms with van der Waals surface area (Å²) in [7, 11) is 0. The standard InChI is InChI=1S/C20H19N5O5/c1-12-16(13(2)30-22-12)9-24-8-15(6-21-24)25-19(26)10-23(20(25)27)7-14-3-4-17-18(5-14)29-11-28-17/h3-6,8,10,26H,7,9,11H2,1-2H3. The molecule has 10 heteroatoms. The largest absolute Gasteiger partial charge is 0.493 e. The van der Waals surface area contributed by atoms with Crippen molar-refractivity contribution in [1.82, 2.24) is 24.1 Å². The maximum absolute atomic E-state index is 12.9. The summed E-state index contributed by atoms with van der Waals surface area (Å²) in [6, 6.07) is 5.49. The van der Waals surface area contributed by atoms with Crippen molar-refractivity contribution in [3.8, 4) is 23.1 Å². The molecule has 1 aromatic carbocycles. The molecular weight excluding hydrogens is 390 g/mol. The first-order valence-corrected chi connectivity index (χ1v) is 9.34. The van der Waals surface area contributed by atoms with E-state index in [2.05, 4.69) is 10.3 Å². The second-order valence-corrected chi connectivity index (χ2v) is 7.12. The molecule has 1 N–H and O–H groups in total. The summed E-state index contributed by atoms with van der Waals surface area (Å²) in [5.41, 5.74) is 2.67. The second-order valence-electron chi connectivity index (χ2n) is 7.12. The van der Waals surface area contributed by atoms with E-state index in [9.17, 15) is 9.90 Å². The van der Waals surface area contributed by atoms with Crippen LogP contribution in [-0.4, -0.2) is 36.0 Å². The number of aromatic hydroxyl groups is 1. The first kappa shape index (κ1) is 18.1. The van der Waals surface area contributed by atoms with E-state index in [-0.39, 0.29) is 24.9 Å². The van der Waals surface area contributed by atoms with E-state index < -0.39 is 0 Å². The van der Waals surface area contributed by atoms with Gasteiger partial charge in [0, 0.05) is 11.8 Å². The van der Waals surface area contributed by atoms with Crippen LogP contribution < -0.4 is 15.2 Å². The van der Waals surface area contributed by atoms with E-state index in [0.717, 1.165) is 22.6 Å². The summed E-state index contributed by atoms with van der Waals surface area (Å²) in [6.45, 7) is 4.63. The maximum atomic E-state index is 12.9. The number of aromatic nitrogens is 5. The van der Waals surface area contributed by atoms with Crippen molar-refractivity contribution in [2.75, 3.05) is 6.79 Å². The number of ether oxygens (including phenoxy) is 2. The van der Waals surface area contributed by atoms with Crippen LogP contribution in [0, 0.1) is 13.8 Å². The maximum Gasteiger partial charge on any atom is 0.336 e. The van der Waals surface area contributed by atoms with Gasteiger partial charge in [-0.05, 0) is 31.5 Å². The van der Waals surface area contributed by atoms with Gasteiger partial charge in [-0.25, -0.2) is 9.36 Å².